The van der Waals surface area contributed by atoms with Gasteiger partial charge in [0.1, 0.15) is 5.82 Å². The van der Waals surface area contributed by atoms with Crippen molar-refractivity contribution < 1.29 is 5.11 Å². The van der Waals surface area contributed by atoms with Crippen molar-refractivity contribution in [3.05, 3.63) is 53.6 Å². The Labute approximate surface area is 163 Å². The van der Waals surface area contributed by atoms with Crippen LogP contribution in [0.1, 0.15) is 0 Å². The Balaban J connectivity index is 1.63. The van der Waals surface area contributed by atoms with Gasteiger partial charge in [-0.1, -0.05) is 23.7 Å². The number of aliphatic hydroxyl groups excluding tert-OH is 1. The van der Waals surface area contributed by atoms with E-state index in [2.05, 4.69) is 15.1 Å². The zero-order valence-corrected chi connectivity index (χ0v) is 15.7. The van der Waals surface area contributed by atoms with E-state index in [1.165, 1.54) is 0 Å². The van der Waals surface area contributed by atoms with Gasteiger partial charge in [0.25, 0.3) is 0 Å². The number of rotatable bonds is 5. The Morgan fingerprint density at radius 3 is 2.44 bits per heavy atom. The van der Waals surface area contributed by atoms with Crippen LogP contribution in [-0.4, -0.2) is 59.3 Å². The van der Waals surface area contributed by atoms with Gasteiger partial charge < -0.3 is 15.3 Å². The maximum absolute atomic E-state index is 9.12. The molecule has 4 rings (SSSR count). The Kier molecular flexibility index (Phi) is 5.38. The predicted molar refractivity (Wildman–Crippen MR) is 110 cm³/mol. The topological polar surface area (TPSA) is 64.5 Å². The van der Waals surface area contributed by atoms with E-state index in [1.54, 1.807) is 0 Å². The largest absolute Gasteiger partial charge is 0.395 e. The van der Waals surface area contributed by atoms with Gasteiger partial charge >= 0.3 is 0 Å². The van der Waals surface area contributed by atoms with Crippen molar-refractivity contribution in [2.45, 2.75) is 0 Å². The molecule has 0 spiro atoms. The number of β-amino-alcohol motifs (C(OH)–C–C–N with tert-alkyl or cyclic N) is 1. The summed E-state index contributed by atoms with van der Waals surface area (Å²) in [6, 6.07) is 15.6. The lowest BCUT2D eigenvalue weighted by atomic mass is 10.2. The van der Waals surface area contributed by atoms with Gasteiger partial charge in [-0.25, -0.2) is 4.98 Å². The minimum atomic E-state index is 0.196. The lowest BCUT2D eigenvalue weighted by Crippen LogP contribution is -2.47. The smallest absolute Gasteiger partial charge is 0.227 e. The number of para-hydroxylation sites is 1. The first-order valence-electron chi connectivity index (χ1n) is 9.10. The van der Waals surface area contributed by atoms with Crippen LogP contribution in [0, 0.1) is 0 Å². The van der Waals surface area contributed by atoms with E-state index in [0.717, 1.165) is 61.1 Å². The van der Waals surface area contributed by atoms with Crippen molar-refractivity contribution in [1.82, 2.24) is 14.9 Å². The molecule has 1 aromatic heterocycles. The molecule has 6 nitrogen and oxygen atoms in total. The number of aliphatic hydroxyl groups is 1. The summed E-state index contributed by atoms with van der Waals surface area (Å²) < 4.78 is 0. The van der Waals surface area contributed by atoms with E-state index < -0.39 is 0 Å². The molecule has 0 unspecified atom stereocenters. The van der Waals surface area contributed by atoms with Crippen molar-refractivity contribution in [3.63, 3.8) is 0 Å². The number of aromatic nitrogens is 2. The molecule has 7 heteroatoms. The Morgan fingerprint density at radius 1 is 0.963 bits per heavy atom. The third-order valence-electron chi connectivity index (χ3n) is 4.77. The summed E-state index contributed by atoms with van der Waals surface area (Å²) in [5, 5.41) is 14.2. The molecule has 0 amide bonds. The molecule has 0 saturated carbocycles. The third-order valence-corrected chi connectivity index (χ3v) is 5.02. The van der Waals surface area contributed by atoms with Gasteiger partial charge in [-0.05, 0) is 36.4 Å². The molecule has 2 heterocycles. The van der Waals surface area contributed by atoms with E-state index >= 15 is 0 Å². The number of hydrogen-bond donors (Lipinski definition) is 2. The summed E-state index contributed by atoms with van der Waals surface area (Å²) in [6.45, 7) is 4.41. The van der Waals surface area contributed by atoms with Gasteiger partial charge in [-0.2, -0.15) is 4.98 Å². The van der Waals surface area contributed by atoms with E-state index in [9.17, 15) is 0 Å². The van der Waals surface area contributed by atoms with Gasteiger partial charge in [0.05, 0.1) is 12.1 Å². The highest BCUT2D eigenvalue weighted by molar-refractivity contribution is 6.30. The normalized spacial score (nSPS) is 15.3. The molecule has 140 valence electrons. The van der Waals surface area contributed by atoms with Crippen molar-refractivity contribution in [2.24, 2.45) is 0 Å². The average molecular weight is 384 g/mol. The van der Waals surface area contributed by atoms with Crippen molar-refractivity contribution >= 4 is 40.0 Å². The molecule has 1 fully saturated rings. The molecular formula is C20H22ClN5O. The highest BCUT2D eigenvalue weighted by Crippen LogP contribution is 2.27. The summed E-state index contributed by atoms with van der Waals surface area (Å²) in [5.41, 5.74) is 1.85. The highest BCUT2D eigenvalue weighted by atomic mass is 35.5. The minimum absolute atomic E-state index is 0.196. The predicted octanol–water partition coefficient (Wildman–Crippen LogP) is 3.14. The number of fused-ring (bicyclic) bond motifs is 1. The summed E-state index contributed by atoms with van der Waals surface area (Å²) >= 11 is 5.99. The molecular weight excluding hydrogens is 362 g/mol. The lowest BCUT2D eigenvalue weighted by molar-refractivity contribution is 0.188. The Morgan fingerprint density at radius 2 is 1.70 bits per heavy atom. The van der Waals surface area contributed by atoms with Gasteiger partial charge in [-0.15, -0.1) is 0 Å². The molecule has 1 aliphatic heterocycles. The van der Waals surface area contributed by atoms with E-state index in [4.69, 9.17) is 26.7 Å². The molecule has 0 aliphatic carbocycles. The Bertz CT molecular complexity index is 910. The maximum atomic E-state index is 9.12. The average Bonchev–Trinajstić information content (AvgIpc) is 2.70. The van der Waals surface area contributed by atoms with E-state index in [-0.39, 0.29) is 6.61 Å². The van der Waals surface area contributed by atoms with Crippen LogP contribution in [0.25, 0.3) is 10.9 Å². The molecule has 0 atom stereocenters. The standard InChI is InChI=1S/C20H22ClN5O/c21-15-5-7-16(8-6-15)22-19-17-3-1-2-4-18(17)23-20(24-19)26-11-9-25(10-12-26)13-14-27/h1-8,27H,9-14H2,(H,22,23,24). The molecule has 2 aromatic carbocycles. The second-order valence-corrected chi connectivity index (χ2v) is 7.01. The van der Waals surface area contributed by atoms with Crippen LogP contribution in [0.15, 0.2) is 48.5 Å². The lowest BCUT2D eigenvalue weighted by Gasteiger charge is -2.34. The highest BCUT2D eigenvalue weighted by Gasteiger charge is 2.20. The van der Waals surface area contributed by atoms with Gasteiger partial charge in [0, 0.05) is 48.8 Å². The maximum Gasteiger partial charge on any atom is 0.227 e. The monoisotopic (exact) mass is 383 g/mol. The van der Waals surface area contributed by atoms with E-state index in [0.29, 0.717) is 5.02 Å². The summed E-state index contributed by atoms with van der Waals surface area (Å²) in [7, 11) is 0. The third kappa shape index (κ3) is 4.13. The van der Waals surface area contributed by atoms with Crippen LogP contribution >= 0.6 is 11.6 Å². The fraction of sp³-hybridized carbons (Fsp3) is 0.300. The number of nitrogens with zero attached hydrogens (tertiary/aromatic N) is 4. The van der Waals surface area contributed by atoms with Crippen LogP contribution in [0.4, 0.5) is 17.5 Å². The number of anilines is 3. The first kappa shape index (κ1) is 18.0. The number of nitrogens with one attached hydrogen (secondary N) is 1. The summed E-state index contributed by atoms with van der Waals surface area (Å²) in [4.78, 5) is 14.0. The first-order valence-corrected chi connectivity index (χ1v) is 9.48. The van der Waals surface area contributed by atoms with Crippen LogP contribution in [0.5, 0.6) is 0 Å². The van der Waals surface area contributed by atoms with Crippen LogP contribution in [-0.2, 0) is 0 Å². The number of piperazine rings is 1. The fourth-order valence-corrected chi connectivity index (χ4v) is 3.41. The SMILES string of the molecule is OCCN1CCN(c2nc(Nc3ccc(Cl)cc3)c3ccccc3n2)CC1. The van der Waals surface area contributed by atoms with Crippen LogP contribution < -0.4 is 10.2 Å². The van der Waals surface area contributed by atoms with Crippen LogP contribution in [0.2, 0.25) is 5.02 Å². The number of halogens is 1. The van der Waals surface area contributed by atoms with Crippen molar-refractivity contribution in [1.29, 1.82) is 0 Å². The zero-order valence-electron chi connectivity index (χ0n) is 15.0. The van der Waals surface area contributed by atoms with Crippen LogP contribution in [0.3, 0.4) is 0 Å². The second-order valence-electron chi connectivity index (χ2n) is 6.57. The first-order chi connectivity index (χ1) is 13.2. The van der Waals surface area contributed by atoms with Gasteiger partial charge in [0.15, 0.2) is 0 Å². The zero-order chi connectivity index (χ0) is 18.6. The second kappa shape index (κ2) is 8.08. The number of hydrogen-bond acceptors (Lipinski definition) is 6. The molecule has 27 heavy (non-hydrogen) atoms. The molecule has 1 saturated heterocycles. The van der Waals surface area contributed by atoms with Crippen molar-refractivity contribution in [3.8, 4) is 0 Å². The summed E-state index contributed by atoms with van der Waals surface area (Å²) in [5.74, 6) is 1.52. The Hall–Kier alpha value is -2.41. The van der Waals surface area contributed by atoms with E-state index in [1.807, 2.05) is 48.5 Å². The minimum Gasteiger partial charge on any atom is -0.395 e. The molecule has 2 N–H and O–H groups in total. The molecule has 1 aliphatic rings. The molecule has 0 bridgehead atoms. The van der Waals surface area contributed by atoms with Crippen molar-refractivity contribution in [2.75, 3.05) is 49.5 Å². The molecule has 0 radical (unpaired) electrons. The van der Waals surface area contributed by atoms with Gasteiger partial charge in [0.2, 0.25) is 5.95 Å². The number of benzene rings is 2. The fourth-order valence-electron chi connectivity index (χ4n) is 3.28. The summed E-state index contributed by atoms with van der Waals surface area (Å²) in [6.07, 6.45) is 0. The quantitative estimate of drug-likeness (QED) is 0.705. The molecule has 3 aromatic rings. The van der Waals surface area contributed by atoms with Gasteiger partial charge in [-0.3, -0.25) is 4.90 Å².